The van der Waals surface area contributed by atoms with Gasteiger partial charge in [-0.1, -0.05) is 126 Å². The maximum absolute atomic E-state index is 16.7. The molecular formula is C48H26B2F2N2S2. The van der Waals surface area contributed by atoms with Gasteiger partial charge < -0.3 is 9.80 Å². The molecule has 0 fully saturated rings. The molecule has 0 N–H and O–H groups in total. The zero-order valence-electron chi connectivity index (χ0n) is 29.6. The van der Waals surface area contributed by atoms with E-state index in [0.29, 0.717) is 0 Å². The number of rotatable bonds is 2. The van der Waals surface area contributed by atoms with E-state index < -0.39 is 11.6 Å². The molecule has 5 heterocycles. The molecule has 13 rings (SSSR count). The van der Waals surface area contributed by atoms with Crippen LogP contribution in [0.25, 0.3) is 31.3 Å². The number of thiophene rings is 1. The molecule has 0 saturated carbocycles. The lowest BCUT2D eigenvalue weighted by Crippen LogP contribution is -2.68. The zero-order valence-corrected chi connectivity index (χ0v) is 31.3. The number of anilines is 6. The van der Waals surface area contributed by atoms with Crippen LogP contribution < -0.4 is 42.6 Å². The van der Waals surface area contributed by atoms with Gasteiger partial charge in [0.2, 0.25) is 6.71 Å². The minimum Gasteiger partial charge on any atom is -0.312 e. The first-order chi connectivity index (χ1) is 27.7. The Labute approximate surface area is 330 Å². The van der Waals surface area contributed by atoms with Crippen LogP contribution in [0.15, 0.2) is 168 Å². The molecule has 0 saturated heterocycles. The smallest absolute Gasteiger partial charge is 0.252 e. The predicted molar refractivity (Wildman–Crippen MR) is 234 cm³/mol. The number of nitrogens with zero attached hydrogens (tertiary/aromatic N) is 2. The van der Waals surface area contributed by atoms with Gasteiger partial charge in [0.15, 0.2) is 0 Å². The highest BCUT2D eigenvalue weighted by atomic mass is 32.2. The van der Waals surface area contributed by atoms with Gasteiger partial charge in [0, 0.05) is 58.3 Å². The minimum absolute atomic E-state index is 0.0471. The molecule has 4 aliphatic heterocycles. The van der Waals surface area contributed by atoms with E-state index in [1.54, 1.807) is 23.1 Å². The van der Waals surface area contributed by atoms with Gasteiger partial charge in [-0.05, 0) is 81.4 Å². The second-order valence-electron chi connectivity index (χ2n) is 14.9. The molecule has 9 aromatic rings. The number of hydrogen-bond acceptors (Lipinski definition) is 4. The number of fused-ring (bicyclic) bond motifs is 13. The fourth-order valence-electron chi connectivity index (χ4n) is 10.2. The van der Waals surface area contributed by atoms with Crippen molar-refractivity contribution >= 4 is 124 Å². The van der Waals surface area contributed by atoms with Crippen molar-refractivity contribution in [2.24, 2.45) is 0 Å². The zero-order chi connectivity index (χ0) is 36.8. The number of hydrogen-bond donors (Lipinski definition) is 0. The summed E-state index contributed by atoms with van der Waals surface area (Å²) in [5.41, 5.74) is 14.1. The van der Waals surface area contributed by atoms with E-state index in [1.165, 1.54) is 59.7 Å². The van der Waals surface area contributed by atoms with E-state index in [9.17, 15) is 0 Å². The summed E-state index contributed by atoms with van der Waals surface area (Å²) in [6, 6.07) is 54.0. The second-order valence-corrected chi connectivity index (χ2v) is 17.1. The van der Waals surface area contributed by atoms with Gasteiger partial charge in [-0.15, -0.1) is 11.3 Å². The van der Waals surface area contributed by atoms with Crippen LogP contribution in [0.3, 0.4) is 0 Å². The Bertz CT molecular complexity index is 3180. The molecule has 0 unspecified atom stereocenters. The maximum atomic E-state index is 16.7. The van der Waals surface area contributed by atoms with E-state index in [4.69, 9.17) is 0 Å². The average molecular weight is 755 g/mol. The molecule has 2 nitrogen and oxygen atoms in total. The molecule has 0 spiro atoms. The number of para-hydroxylation sites is 4. The van der Waals surface area contributed by atoms with Crippen molar-refractivity contribution in [3.05, 3.63) is 169 Å². The monoisotopic (exact) mass is 754 g/mol. The third kappa shape index (κ3) is 3.88. The highest BCUT2D eigenvalue weighted by Crippen LogP contribution is 2.55. The van der Waals surface area contributed by atoms with Crippen molar-refractivity contribution in [3.8, 4) is 11.1 Å². The fraction of sp³-hybridized carbons (Fsp3) is 0. The Kier molecular flexibility index (Phi) is 6.26. The molecule has 0 radical (unpaired) electrons. The SMILES string of the molecule is Fc1cccc(F)c1N1c2ccccc2B2c3ccccc3N3c4ccccc4B4c5ccccc5Sc5c4c3c2c1c5-c1cccc2sc3ccccc3c12. The fourth-order valence-corrected chi connectivity index (χ4v) is 12.6. The summed E-state index contributed by atoms with van der Waals surface area (Å²) in [6.07, 6.45) is 0. The molecule has 0 atom stereocenters. The van der Waals surface area contributed by atoms with Crippen molar-refractivity contribution in [1.82, 2.24) is 0 Å². The maximum Gasteiger partial charge on any atom is 0.252 e. The molecule has 56 heavy (non-hydrogen) atoms. The van der Waals surface area contributed by atoms with E-state index in [-0.39, 0.29) is 19.1 Å². The highest BCUT2D eigenvalue weighted by Gasteiger charge is 2.52. The van der Waals surface area contributed by atoms with Crippen molar-refractivity contribution in [3.63, 3.8) is 0 Å². The summed E-state index contributed by atoms with van der Waals surface area (Å²) in [5, 5.41) is 2.35. The molecule has 0 bridgehead atoms. The van der Waals surface area contributed by atoms with Gasteiger partial charge in [0.05, 0.1) is 5.69 Å². The third-order valence-electron chi connectivity index (χ3n) is 12.2. The van der Waals surface area contributed by atoms with E-state index in [1.807, 2.05) is 17.0 Å². The van der Waals surface area contributed by atoms with Crippen LogP contribution in [0.1, 0.15) is 0 Å². The quantitative estimate of drug-likeness (QED) is 0.163. The van der Waals surface area contributed by atoms with Gasteiger partial charge in [0.1, 0.15) is 17.3 Å². The Hall–Kier alpha value is -6.08. The third-order valence-corrected chi connectivity index (χ3v) is 14.6. The molecule has 0 amide bonds. The predicted octanol–water partition coefficient (Wildman–Crippen LogP) is 9.38. The Morgan fingerprint density at radius 1 is 0.446 bits per heavy atom. The topological polar surface area (TPSA) is 6.48 Å². The van der Waals surface area contributed by atoms with Crippen LogP contribution in [0.4, 0.5) is 42.9 Å². The summed E-state index contributed by atoms with van der Waals surface area (Å²) in [4.78, 5) is 6.70. The first-order valence-corrected chi connectivity index (χ1v) is 20.5. The van der Waals surface area contributed by atoms with Gasteiger partial charge in [-0.25, -0.2) is 8.78 Å². The summed E-state index contributed by atoms with van der Waals surface area (Å²) < 4.78 is 35.8. The van der Waals surface area contributed by atoms with E-state index >= 15 is 8.78 Å². The van der Waals surface area contributed by atoms with Crippen LogP contribution in [0.5, 0.6) is 0 Å². The lowest BCUT2D eigenvalue weighted by atomic mass is 9.29. The average Bonchev–Trinajstić information content (AvgIpc) is 3.63. The first kappa shape index (κ1) is 31.2. The first-order valence-electron chi connectivity index (χ1n) is 18.9. The van der Waals surface area contributed by atoms with Gasteiger partial charge in [-0.3, -0.25) is 0 Å². The van der Waals surface area contributed by atoms with Crippen LogP contribution in [0.2, 0.25) is 0 Å². The summed E-state index contributed by atoms with van der Waals surface area (Å²) in [7, 11) is 0. The number of halogens is 2. The molecule has 260 valence electrons. The lowest BCUT2D eigenvalue weighted by Gasteiger charge is -2.50. The molecular weight excluding hydrogens is 728 g/mol. The number of benzene rings is 8. The van der Waals surface area contributed by atoms with E-state index in [0.717, 1.165) is 60.8 Å². The molecule has 8 heteroatoms. The Morgan fingerprint density at radius 3 is 1.71 bits per heavy atom. The van der Waals surface area contributed by atoms with Gasteiger partial charge in [0.25, 0.3) is 6.71 Å². The normalized spacial score (nSPS) is 14.0. The van der Waals surface area contributed by atoms with Crippen molar-refractivity contribution in [2.45, 2.75) is 9.79 Å². The molecule has 4 aliphatic rings. The minimum atomic E-state index is -0.601. The second kappa shape index (κ2) is 11.3. The highest BCUT2D eigenvalue weighted by molar-refractivity contribution is 8.00. The lowest BCUT2D eigenvalue weighted by molar-refractivity contribution is 0.586. The molecule has 1 aromatic heterocycles. The summed E-state index contributed by atoms with van der Waals surface area (Å²) in [6.45, 7) is -0.237. The van der Waals surface area contributed by atoms with Crippen LogP contribution in [0, 0.1) is 11.6 Å². The van der Waals surface area contributed by atoms with Crippen LogP contribution in [-0.2, 0) is 0 Å². The largest absolute Gasteiger partial charge is 0.312 e. The van der Waals surface area contributed by atoms with Crippen molar-refractivity contribution in [1.29, 1.82) is 0 Å². The van der Waals surface area contributed by atoms with Crippen LogP contribution in [-0.4, -0.2) is 13.4 Å². The van der Waals surface area contributed by atoms with Crippen molar-refractivity contribution < 1.29 is 8.78 Å². The molecule has 8 aromatic carbocycles. The van der Waals surface area contributed by atoms with Crippen molar-refractivity contribution in [2.75, 3.05) is 9.80 Å². The Balaban J connectivity index is 1.31. The standard InChI is InChI=1S/C48H26B2F2N2S2/c51-33-19-12-20-34(52)45(33)54-37-23-8-4-17-31(37)49-29-15-2-6-21-35(29)53-36-22-7-3-16-30(36)50-32-18-5-10-25-39(32)56-48-42(46(54)43(49)47(53)44(48)50)28-14-11-26-40-41(28)27-13-1-9-24-38(27)55-40/h1-26H. The Morgan fingerprint density at radius 2 is 1.00 bits per heavy atom. The van der Waals surface area contributed by atoms with Gasteiger partial charge >= 0.3 is 0 Å². The van der Waals surface area contributed by atoms with Crippen LogP contribution >= 0.6 is 23.1 Å². The van der Waals surface area contributed by atoms with Gasteiger partial charge in [-0.2, -0.15) is 0 Å². The molecule has 0 aliphatic carbocycles. The summed E-state index contributed by atoms with van der Waals surface area (Å²) in [5.74, 6) is -1.20. The van der Waals surface area contributed by atoms with E-state index in [2.05, 4.69) is 132 Å². The summed E-state index contributed by atoms with van der Waals surface area (Å²) >= 11 is 3.58.